The fourth-order valence-electron chi connectivity index (χ4n) is 2.25. The molecule has 0 aliphatic rings. The van der Waals surface area contributed by atoms with Crippen LogP contribution in [0.5, 0.6) is 0 Å². The van der Waals surface area contributed by atoms with Gasteiger partial charge in [-0.1, -0.05) is 60.5 Å². The lowest BCUT2D eigenvalue weighted by atomic mass is 10.1. The number of aryl methyl sites for hydroxylation is 2. The van der Waals surface area contributed by atoms with Crippen molar-refractivity contribution < 1.29 is 22.6 Å². The van der Waals surface area contributed by atoms with Gasteiger partial charge in [0.2, 0.25) is 0 Å². The topological polar surface area (TPSA) is 95.9 Å². The largest absolute Gasteiger partial charge is 0.543 e. The van der Waals surface area contributed by atoms with Crippen molar-refractivity contribution in [1.29, 1.82) is 0 Å². The van der Waals surface area contributed by atoms with Crippen LogP contribution >= 0.6 is 0 Å². The van der Waals surface area contributed by atoms with E-state index in [2.05, 4.69) is 16.4 Å². The molecule has 0 aliphatic carbocycles. The van der Waals surface area contributed by atoms with Gasteiger partial charge in [0.15, 0.2) is 0 Å². The summed E-state index contributed by atoms with van der Waals surface area (Å²) in [4.78, 5) is 11.2. The Hall–Kier alpha value is -2.67. The van der Waals surface area contributed by atoms with E-state index in [1.165, 1.54) is 24.3 Å². The molecule has 0 radical (unpaired) electrons. The predicted octanol–water partition coefficient (Wildman–Crippen LogP) is 2.20. The minimum atomic E-state index is -4.22. The molecule has 0 unspecified atom stereocenters. The molecule has 2 rings (SSSR count). The molecule has 0 bridgehead atoms. The Labute approximate surface area is 153 Å². The molecule has 0 amide bonds. The maximum absolute atomic E-state index is 12.2. The van der Waals surface area contributed by atoms with Gasteiger partial charge in [0.25, 0.3) is 0 Å². The third-order valence-corrected chi connectivity index (χ3v) is 4.90. The summed E-state index contributed by atoms with van der Waals surface area (Å²) >= 11 is 0. The molecule has 0 aromatic heterocycles. The third-order valence-electron chi connectivity index (χ3n) is 3.78. The van der Waals surface area contributed by atoms with Crippen LogP contribution in [0.4, 0.5) is 0 Å². The second-order valence-corrected chi connectivity index (χ2v) is 7.40. The number of rotatable bonds is 8. The van der Waals surface area contributed by atoms with Gasteiger partial charge in [0.1, 0.15) is 10.6 Å². The first-order valence-electron chi connectivity index (χ1n) is 8.22. The minimum absolute atomic E-state index is 0.0943. The maximum atomic E-state index is 12.2. The molecule has 0 heterocycles. The normalized spacial score (nSPS) is 12.0. The van der Waals surface area contributed by atoms with E-state index in [-0.39, 0.29) is 10.5 Å². The van der Waals surface area contributed by atoms with Gasteiger partial charge in [-0.2, -0.15) is 8.42 Å². The van der Waals surface area contributed by atoms with E-state index in [9.17, 15) is 18.3 Å². The van der Waals surface area contributed by atoms with Crippen LogP contribution in [-0.4, -0.2) is 20.1 Å². The maximum Gasteiger partial charge on any atom is 0.358 e. The van der Waals surface area contributed by atoms with Crippen molar-refractivity contribution in [3.05, 3.63) is 65.2 Å². The van der Waals surface area contributed by atoms with Gasteiger partial charge in [0, 0.05) is 5.56 Å². The zero-order valence-corrected chi connectivity index (χ0v) is 15.5. The van der Waals surface area contributed by atoms with Crippen molar-refractivity contribution in [2.24, 2.45) is 5.16 Å². The quantitative estimate of drug-likeness (QED) is 0.521. The molecule has 138 valence electrons. The van der Waals surface area contributed by atoms with Crippen LogP contribution < -0.4 is 5.11 Å². The van der Waals surface area contributed by atoms with Gasteiger partial charge < -0.3 is 9.90 Å². The molecule has 0 spiro atoms. The molecule has 2 aromatic rings. The summed E-state index contributed by atoms with van der Waals surface area (Å²) in [6.45, 7) is 3.92. The third kappa shape index (κ3) is 5.16. The number of benzene rings is 2. The number of nitrogens with zero attached hydrogens (tertiary/aromatic N) is 1. The van der Waals surface area contributed by atoms with E-state index in [1.54, 1.807) is 24.3 Å². The molecule has 0 saturated heterocycles. The van der Waals surface area contributed by atoms with Gasteiger partial charge in [-0.3, -0.25) is 4.28 Å². The molecule has 0 fully saturated rings. The van der Waals surface area contributed by atoms with E-state index in [1.807, 2.05) is 6.92 Å². The number of unbranched alkanes of at least 4 members (excludes halogenated alkanes) is 1. The Balaban J connectivity index is 2.22. The summed E-state index contributed by atoms with van der Waals surface area (Å²) < 4.78 is 29.0. The lowest BCUT2D eigenvalue weighted by Crippen LogP contribution is -2.32. The van der Waals surface area contributed by atoms with Crippen molar-refractivity contribution in [2.45, 2.75) is 38.0 Å². The molecule has 0 saturated carbocycles. The summed E-state index contributed by atoms with van der Waals surface area (Å²) in [5.41, 5.74) is 1.54. The first-order valence-corrected chi connectivity index (χ1v) is 9.63. The molecule has 0 atom stereocenters. The highest BCUT2D eigenvalue weighted by molar-refractivity contribution is 7.86. The Kier molecular flexibility index (Phi) is 6.52. The SMILES string of the molecule is CCCCc1ccc(S(=O)(=O)O/N=C(\C(=O)[O-])c2ccc(C)cc2)cc1. The van der Waals surface area contributed by atoms with Gasteiger partial charge >= 0.3 is 10.1 Å². The summed E-state index contributed by atoms with van der Waals surface area (Å²) in [6.07, 6.45) is 2.92. The first kappa shape index (κ1) is 19.7. The number of aliphatic carboxylic acids is 1. The number of carbonyl (C=O) groups excluding carboxylic acids is 1. The fraction of sp³-hybridized carbons (Fsp3) is 0.263. The Bertz CT molecular complexity index is 885. The van der Waals surface area contributed by atoms with Crippen LogP contribution in [0.2, 0.25) is 0 Å². The minimum Gasteiger partial charge on any atom is -0.543 e. The molecule has 6 nitrogen and oxygen atoms in total. The average Bonchev–Trinajstić information content (AvgIpc) is 2.61. The number of hydrogen-bond acceptors (Lipinski definition) is 6. The molecule has 2 aromatic carbocycles. The first-order chi connectivity index (χ1) is 12.3. The van der Waals surface area contributed by atoms with Gasteiger partial charge in [-0.15, -0.1) is 0 Å². The highest BCUT2D eigenvalue weighted by atomic mass is 32.2. The number of carboxylic acids is 1. The van der Waals surface area contributed by atoms with Gasteiger partial charge in [-0.05, 0) is 37.5 Å². The van der Waals surface area contributed by atoms with Crippen LogP contribution in [0.1, 0.15) is 36.5 Å². The Morgan fingerprint density at radius 2 is 1.69 bits per heavy atom. The monoisotopic (exact) mass is 374 g/mol. The zero-order valence-electron chi connectivity index (χ0n) is 14.6. The summed E-state index contributed by atoms with van der Waals surface area (Å²) in [7, 11) is -4.22. The predicted molar refractivity (Wildman–Crippen MR) is 96.0 cm³/mol. The van der Waals surface area contributed by atoms with Crippen LogP contribution in [-0.2, 0) is 25.6 Å². The Morgan fingerprint density at radius 1 is 1.08 bits per heavy atom. The van der Waals surface area contributed by atoms with Gasteiger partial charge in [0.05, 0.1) is 5.97 Å². The van der Waals surface area contributed by atoms with E-state index >= 15 is 0 Å². The summed E-state index contributed by atoms with van der Waals surface area (Å²) in [5, 5.41) is 14.6. The number of carboxylic acid groups (broad SMARTS) is 1. The van der Waals surface area contributed by atoms with Gasteiger partial charge in [-0.25, -0.2) is 0 Å². The van der Waals surface area contributed by atoms with Crippen molar-refractivity contribution in [3.63, 3.8) is 0 Å². The van der Waals surface area contributed by atoms with E-state index in [0.29, 0.717) is 0 Å². The van der Waals surface area contributed by atoms with E-state index in [4.69, 9.17) is 0 Å². The van der Waals surface area contributed by atoms with Crippen LogP contribution in [0.15, 0.2) is 58.6 Å². The van der Waals surface area contributed by atoms with E-state index in [0.717, 1.165) is 30.4 Å². The second-order valence-electron chi connectivity index (χ2n) is 5.87. The molecule has 26 heavy (non-hydrogen) atoms. The van der Waals surface area contributed by atoms with E-state index < -0.39 is 21.8 Å². The lowest BCUT2D eigenvalue weighted by Gasteiger charge is -2.08. The Morgan fingerprint density at radius 3 is 2.23 bits per heavy atom. The zero-order chi connectivity index (χ0) is 19.2. The van der Waals surface area contributed by atoms with Crippen LogP contribution in [0.25, 0.3) is 0 Å². The smallest absolute Gasteiger partial charge is 0.358 e. The molecular weight excluding hydrogens is 354 g/mol. The second kappa shape index (κ2) is 8.62. The fourth-order valence-corrected chi connectivity index (χ4v) is 2.98. The lowest BCUT2D eigenvalue weighted by molar-refractivity contribution is -0.294. The van der Waals surface area contributed by atoms with Crippen molar-refractivity contribution in [1.82, 2.24) is 0 Å². The molecule has 0 aliphatic heterocycles. The van der Waals surface area contributed by atoms with Crippen LogP contribution in [0.3, 0.4) is 0 Å². The highest BCUT2D eigenvalue weighted by Gasteiger charge is 2.17. The van der Waals surface area contributed by atoms with Crippen LogP contribution in [0, 0.1) is 6.92 Å². The van der Waals surface area contributed by atoms with Crippen molar-refractivity contribution in [3.8, 4) is 0 Å². The molecule has 7 heteroatoms. The summed E-state index contributed by atoms with van der Waals surface area (Å²) in [6, 6.07) is 12.6. The summed E-state index contributed by atoms with van der Waals surface area (Å²) in [5.74, 6) is -1.63. The molecule has 0 N–H and O–H groups in total. The van der Waals surface area contributed by atoms with Crippen molar-refractivity contribution >= 4 is 21.8 Å². The number of carbonyl (C=O) groups is 1. The molecular formula is C19H20NO5S-. The van der Waals surface area contributed by atoms with Crippen molar-refractivity contribution in [2.75, 3.05) is 0 Å². The standard InChI is InChI=1S/C19H21NO5S/c1-3-4-5-15-8-12-17(13-9-15)26(23,24)25-20-18(19(21)22)16-10-6-14(2)7-11-16/h6-13H,3-5H2,1-2H3,(H,21,22)/p-1/b20-18-. The highest BCUT2D eigenvalue weighted by Crippen LogP contribution is 2.16. The number of oxime groups is 1. The number of hydrogen-bond donors (Lipinski definition) is 0. The average molecular weight is 374 g/mol.